The first-order chi connectivity index (χ1) is 11.2. The van der Waals surface area contributed by atoms with Crippen LogP contribution in [0.1, 0.15) is 21.9 Å². The van der Waals surface area contributed by atoms with Crippen molar-refractivity contribution in [2.75, 3.05) is 5.32 Å². The summed E-state index contributed by atoms with van der Waals surface area (Å²) in [6.07, 6.45) is 1.60. The van der Waals surface area contributed by atoms with E-state index in [2.05, 4.69) is 20.8 Å². The molecule has 1 aromatic carbocycles. The van der Waals surface area contributed by atoms with Crippen LogP contribution in [0.3, 0.4) is 0 Å². The van der Waals surface area contributed by atoms with Gasteiger partial charge in [0.05, 0.1) is 6.54 Å². The first-order valence-electron chi connectivity index (χ1n) is 7.19. The summed E-state index contributed by atoms with van der Waals surface area (Å²) in [4.78, 5) is 12.2. The normalized spacial score (nSPS) is 10.3. The van der Waals surface area contributed by atoms with Gasteiger partial charge >= 0.3 is 0 Å². The van der Waals surface area contributed by atoms with Gasteiger partial charge in [0.25, 0.3) is 5.91 Å². The van der Waals surface area contributed by atoms with Crippen LogP contribution < -0.4 is 10.6 Å². The van der Waals surface area contributed by atoms with Crippen LogP contribution in [-0.4, -0.2) is 16.1 Å². The lowest BCUT2D eigenvalue weighted by Crippen LogP contribution is -2.22. The lowest BCUT2D eigenvalue weighted by atomic mass is 10.2. The van der Waals surface area contributed by atoms with Gasteiger partial charge in [-0.15, -0.1) is 5.10 Å². The second-order valence-corrected chi connectivity index (χ2v) is 5.01. The van der Waals surface area contributed by atoms with E-state index in [0.29, 0.717) is 17.9 Å². The highest BCUT2D eigenvalue weighted by atomic mass is 16.3. The van der Waals surface area contributed by atoms with Crippen LogP contribution in [0.5, 0.6) is 0 Å². The van der Waals surface area contributed by atoms with Crippen LogP contribution in [-0.2, 0) is 6.54 Å². The van der Waals surface area contributed by atoms with Crippen LogP contribution in [0.2, 0.25) is 0 Å². The molecule has 6 nitrogen and oxygen atoms in total. The maximum absolute atomic E-state index is 12.2. The third-order valence-corrected chi connectivity index (χ3v) is 3.19. The standard InChI is InChI=1S/C17H16N4O2/c1-12-7-8-15(23-12)11-18-17(22)13-4-2-5-14(10-13)20-16-6-3-9-19-21-16/h2-10H,11H2,1H3,(H,18,22)(H,20,21). The van der Waals surface area contributed by atoms with Crippen molar-refractivity contribution in [3.05, 3.63) is 71.8 Å². The van der Waals surface area contributed by atoms with Gasteiger partial charge in [-0.3, -0.25) is 4.79 Å². The van der Waals surface area contributed by atoms with E-state index in [1.165, 1.54) is 0 Å². The van der Waals surface area contributed by atoms with E-state index in [1.54, 1.807) is 30.5 Å². The van der Waals surface area contributed by atoms with E-state index in [4.69, 9.17) is 4.42 Å². The van der Waals surface area contributed by atoms with Crippen LogP contribution in [0.4, 0.5) is 11.5 Å². The number of rotatable bonds is 5. The monoisotopic (exact) mass is 308 g/mol. The Morgan fingerprint density at radius 3 is 2.83 bits per heavy atom. The number of hydrogen-bond acceptors (Lipinski definition) is 5. The third kappa shape index (κ3) is 3.94. The number of benzene rings is 1. The Kier molecular flexibility index (Phi) is 4.33. The van der Waals surface area contributed by atoms with Gasteiger partial charge in [0.2, 0.25) is 0 Å². The van der Waals surface area contributed by atoms with Gasteiger partial charge in [-0.2, -0.15) is 5.10 Å². The zero-order valence-electron chi connectivity index (χ0n) is 12.6. The van der Waals surface area contributed by atoms with E-state index in [-0.39, 0.29) is 5.91 Å². The number of nitrogens with zero attached hydrogens (tertiary/aromatic N) is 2. The van der Waals surface area contributed by atoms with Crippen molar-refractivity contribution in [3.63, 3.8) is 0 Å². The molecular weight excluding hydrogens is 292 g/mol. The molecule has 116 valence electrons. The number of aryl methyl sites for hydroxylation is 1. The number of hydrogen-bond donors (Lipinski definition) is 2. The lowest BCUT2D eigenvalue weighted by Gasteiger charge is -2.07. The quantitative estimate of drug-likeness (QED) is 0.757. The van der Waals surface area contributed by atoms with Crippen LogP contribution in [0.25, 0.3) is 0 Å². The molecule has 6 heteroatoms. The van der Waals surface area contributed by atoms with Crippen molar-refractivity contribution >= 4 is 17.4 Å². The molecular formula is C17H16N4O2. The summed E-state index contributed by atoms with van der Waals surface area (Å²) in [5.74, 6) is 2.01. The molecule has 0 saturated heterocycles. The summed E-state index contributed by atoms with van der Waals surface area (Å²) in [5, 5.41) is 13.7. The maximum atomic E-state index is 12.2. The molecule has 1 amide bonds. The van der Waals surface area contributed by atoms with Crippen molar-refractivity contribution in [2.45, 2.75) is 13.5 Å². The molecule has 3 aromatic rings. The van der Waals surface area contributed by atoms with Crippen molar-refractivity contribution < 1.29 is 9.21 Å². The number of amides is 1. The van der Waals surface area contributed by atoms with Gasteiger partial charge in [0, 0.05) is 17.4 Å². The summed E-state index contributed by atoms with van der Waals surface area (Å²) in [6.45, 7) is 2.22. The molecule has 0 fully saturated rings. The molecule has 0 aliphatic carbocycles. The molecule has 0 saturated carbocycles. The Morgan fingerprint density at radius 2 is 2.09 bits per heavy atom. The molecule has 0 spiro atoms. The minimum absolute atomic E-state index is 0.165. The van der Waals surface area contributed by atoms with Gasteiger partial charge in [-0.25, -0.2) is 0 Å². The summed E-state index contributed by atoms with van der Waals surface area (Å²) < 4.78 is 5.43. The van der Waals surface area contributed by atoms with E-state index in [1.807, 2.05) is 31.2 Å². The lowest BCUT2D eigenvalue weighted by molar-refractivity contribution is 0.0948. The molecule has 0 atom stereocenters. The molecule has 23 heavy (non-hydrogen) atoms. The fourth-order valence-corrected chi connectivity index (χ4v) is 2.10. The smallest absolute Gasteiger partial charge is 0.251 e. The number of anilines is 2. The average Bonchev–Trinajstić information content (AvgIpc) is 2.99. The SMILES string of the molecule is Cc1ccc(CNC(=O)c2cccc(Nc3cccnn3)c2)o1. The highest BCUT2D eigenvalue weighted by molar-refractivity contribution is 5.95. The molecule has 3 rings (SSSR count). The average molecular weight is 308 g/mol. The zero-order valence-corrected chi connectivity index (χ0v) is 12.6. The van der Waals surface area contributed by atoms with Gasteiger partial charge in [0.1, 0.15) is 11.5 Å². The molecule has 0 aliphatic rings. The maximum Gasteiger partial charge on any atom is 0.251 e. The first-order valence-corrected chi connectivity index (χ1v) is 7.19. The minimum atomic E-state index is -0.165. The van der Waals surface area contributed by atoms with Crippen molar-refractivity contribution in [1.82, 2.24) is 15.5 Å². The van der Waals surface area contributed by atoms with Gasteiger partial charge in [-0.05, 0) is 49.4 Å². The van der Waals surface area contributed by atoms with E-state index in [9.17, 15) is 4.79 Å². The highest BCUT2D eigenvalue weighted by Crippen LogP contribution is 2.15. The largest absolute Gasteiger partial charge is 0.465 e. The van der Waals surface area contributed by atoms with E-state index >= 15 is 0 Å². The predicted octanol–water partition coefficient (Wildman–Crippen LogP) is 3.05. The first kappa shape index (κ1) is 14.8. The molecule has 0 aliphatic heterocycles. The Labute approximate surface area is 133 Å². The molecule has 2 aromatic heterocycles. The number of carbonyl (C=O) groups is 1. The Bertz CT molecular complexity index is 799. The van der Waals surface area contributed by atoms with Crippen molar-refractivity contribution in [3.8, 4) is 0 Å². The van der Waals surface area contributed by atoms with Crippen LogP contribution >= 0.6 is 0 Å². The second-order valence-electron chi connectivity index (χ2n) is 5.01. The fourth-order valence-electron chi connectivity index (χ4n) is 2.10. The summed E-state index contributed by atoms with van der Waals surface area (Å²) >= 11 is 0. The fraction of sp³-hybridized carbons (Fsp3) is 0.118. The van der Waals surface area contributed by atoms with Crippen LogP contribution in [0, 0.1) is 6.92 Å². The Morgan fingerprint density at radius 1 is 1.17 bits per heavy atom. The summed E-state index contributed by atoms with van der Waals surface area (Å²) in [7, 11) is 0. The number of nitrogens with one attached hydrogen (secondary N) is 2. The topological polar surface area (TPSA) is 80.0 Å². The van der Waals surface area contributed by atoms with E-state index < -0.39 is 0 Å². The van der Waals surface area contributed by atoms with Crippen molar-refractivity contribution in [1.29, 1.82) is 0 Å². The van der Waals surface area contributed by atoms with Gasteiger partial charge < -0.3 is 15.1 Å². The predicted molar refractivity (Wildman–Crippen MR) is 86.4 cm³/mol. The van der Waals surface area contributed by atoms with Crippen molar-refractivity contribution in [2.24, 2.45) is 0 Å². The third-order valence-electron chi connectivity index (χ3n) is 3.19. The Hall–Kier alpha value is -3.15. The number of furan rings is 1. The van der Waals surface area contributed by atoms with Crippen LogP contribution in [0.15, 0.2) is 59.1 Å². The van der Waals surface area contributed by atoms with Gasteiger partial charge in [-0.1, -0.05) is 6.07 Å². The Balaban J connectivity index is 1.65. The molecule has 2 heterocycles. The van der Waals surface area contributed by atoms with E-state index in [0.717, 1.165) is 17.2 Å². The molecule has 2 N–H and O–H groups in total. The van der Waals surface area contributed by atoms with Gasteiger partial charge in [0.15, 0.2) is 5.82 Å². The summed E-state index contributed by atoms with van der Waals surface area (Å²) in [5.41, 5.74) is 1.33. The molecule has 0 radical (unpaired) electrons. The molecule has 0 unspecified atom stereocenters. The second kappa shape index (κ2) is 6.74. The molecule has 0 bridgehead atoms. The minimum Gasteiger partial charge on any atom is -0.465 e. The zero-order chi connectivity index (χ0) is 16.1. The highest BCUT2D eigenvalue weighted by Gasteiger charge is 2.08. The number of carbonyl (C=O) groups excluding carboxylic acids is 1. The summed E-state index contributed by atoms with van der Waals surface area (Å²) in [6, 6.07) is 14.5. The number of aromatic nitrogens is 2.